The fraction of sp³-hybridized carbons (Fsp3) is 0.458. The Labute approximate surface area is 171 Å². The van der Waals surface area contributed by atoms with Gasteiger partial charge in [-0.25, -0.2) is 4.39 Å². The van der Waals surface area contributed by atoms with E-state index < -0.39 is 11.3 Å². The number of benzene rings is 1. The summed E-state index contributed by atoms with van der Waals surface area (Å²) in [6, 6.07) is 10.3. The molecule has 2 aliphatic heterocycles. The summed E-state index contributed by atoms with van der Waals surface area (Å²) in [5, 5.41) is 12.5. The fourth-order valence-electron chi connectivity index (χ4n) is 5.44. The van der Waals surface area contributed by atoms with E-state index in [1.54, 1.807) is 26.2 Å². The largest absolute Gasteiger partial charge is 0.384 e. The van der Waals surface area contributed by atoms with Crippen molar-refractivity contribution in [1.29, 1.82) is 0 Å². The topological polar surface area (TPSA) is 41.3 Å². The monoisotopic (exact) mass is 393 g/mol. The first-order valence-electron chi connectivity index (χ1n) is 10.5. The van der Waals surface area contributed by atoms with Crippen molar-refractivity contribution in [3.8, 4) is 0 Å². The molecule has 0 aliphatic carbocycles. The first kappa shape index (κ1) is 18.8. The highest BCUT2D eigenvalue weighted by molar-refractivity contribution is 5.87. The van der Waals surface area contributed by atoms with Gasteiger partial charge in [0, 0.05) is 47.0 Å². The number of rotatable bonds is 3. The Morgan fingerprint density at radius 2 is 2.17 bits per heavy atom. The van der Waals surface area contributed by atoms with Gasteiger partial charge in [-0.05, 0) is 58.4 Å². The second-order valence-electron chi connectivity index (χ2n) is 9.21. The Kier molecular flexibility index (Phi) is 4.13. The third kappa shape index (κ3) is 2.90. The molecule has 152 valence electrons. The van der Waals surface area contributed by atoms with Crippen LogP contribution in [0.4, 0.5) is 4.39 Å². The number of aromatic nitrogens is 2. The second kappa shape index (κ2) is 6.38. The number of hydrogen-bond donors (Lipinski definition) is 1. The number of aliphatic hydroxyl groups is 1. The van der Waals surface area contributed by atoms with Crippen LogP contribution in [-0.2, 0) is 17.8 Å². The predicted octanol–water partition coefficient (Wildman–Crippen LogP) is 4.59. The lowest BCUT2D eigenvalue weighted by Crippen LogP contribution is -2.43. The Hall–Kier alpha value is -2.24. The van der Waals surface area contributed by atoms with Gasteiger partial charge in [0.2, 0.25) is 0 Å². The average molecular weight is 394 g/mol. The molecule has 3 aromatic rings. The molecule has 4 heterocycles. The van der Waals surface area contributed by atoms with Gasteiger partial charge in [-0.3, -0.25) is 9.88 Å². The van der Waals surface area contributed by atoms with E-state index in [2.05, 4.69) is 35.0 Å². The SMILES string of the molecule is Cc1ccc2c(c1)c1c(n2CC(C)(O)c2cccnc2)C(C)(F)CN2CCCC12. The van der Waals surface area contributed by atoms with Gasteiger partial charge in [0.15, 0.2) is 5.67 Å². The lowest BCUT2D eigenvalue weighted by atomic mass is 9.88. The number of pyridine rings is 1. The summed E-state index contributed by atoms with van der Waals surface area (Å²) in [4.78, 5) is 6.46. The van der Waals surface area contributed by atoms with Gasteiger partial charge in [-0.15, -0.1) is 0 Å². The molecule has 3 atom stereocenters. The van der Waals surface area contributed by atoms with Crippen molar-refractivity contribution in [2.24, 2.45) is 0 Å². The molecule has 5 rings (SSSR count). The minimum atomic E-state index is -1.46. The predicted molar refractivity (Wildman–Crippen MR) is 112 cm³/mol. The first-order valence-corrected chi connectivity index (χ1v) is 10.5. The van der Waals surface area contributed by atoms with Gasteiger partial charge in [-0.2, -0.15) is 0 Å². The van der Waals surface area contributed by atoms with E-state index >= 15 is 4.39 Å². The number of nitrogens with zero attached hydrogens (tertiary/aromatic N) is 3. The average Bonchev–Trinajstić information content (AvgIpc) is 3.24. The van der Waals surface area contributed by atoms with Crippen LogP contribution >= 0.6 is 0 Å². The highest BCUT2D eigenvalue weighted by atomic mass is 19.1. The minimum absolute atomic E-state index is 0.266. The summed E-state index contributed by atoms with van der Waals surface area (Å²) < 4.78 is 18.2. The van der Waals surface area contributed by atoms with Gasteiger partial charge >= 0.3 is 0 Å². The van der Waals surface area contributed by atoms with Crippen LogP contribution < -0.4 is 0 Å². The number of hydrogen-bond acceptors (Lipinski definition) is 3. The standard InChI is InChI=1S/C24H28FN3O/c1-16-8-9-19-18(12-16)21-20-7-5-11-27(20)14-23(2,25)22(21)28(19)15-24(3,29)17-6-4-10-26-13-17/h4,6,8-10,12-13,20,29H,5,7,11,14-15H2,1-3H3. The number of aryl methyl sites for hydroxylation is 1. The quantitative estimate of drug-likeness (QED) is 0.708. The number of alkyl halides is 1. The molecule has 0 radical (unpaired) electrons. The van der Waals surface area contributed by atoms with Crippen LogP contribution in [0.25, 0.3) is 10.9 Å². The highest BCUT2D eigenvalue weighted by Gasteiger charge is 2.47. The van der Waals surface area contributed by atoms with E-state index in [4.69, 9.17) is 0 Å². The zero-order valence-corrected chi connectivity index (χ0v) is 17.3. The zero-order valence-electron chi connectivity index (χ0n) is 17.3. The molecule has 3 unspecified atom stereocenters. The van der Waals surface area contributed by atoms with Crippen molar-refractivity contribution in [1.82, 2.24) is 14.5 Å². The van der Waals surface area contributed by atoms with Crippen molar-refractivity contribution in [3.05, 3.63) is 65.1 Å². The highest BCUT2D eigenvalue weighted by Crippen LogP contribution is 2.50. The summed E-state index contributed by atoms with van der Waals surface area (Å²) >= 11 is 0. The molecular formula is C24H28FN3O. The minimum Gasteiger partial charge on any atom is -0.384 e. The van der Waals surface area contributed by atoms with Crippen molar-refractivity contribution in [3.63, 3.8) is 0 Å². The molecule has 4 nitrogen and oxygen atoms in total. The Bertz CT molecular complexity index is 1070. The molecule has 0 amide bonds. The molecule has 0 saturated carbocycles. The van der Waals surface area contributed by atoms with Crippen molar-refractivity contribution >= 4 is 10.9 Å². The van der Waals surface area contributed by atoms with Crippen LogP contribution in [0.1, 0.15) is 55.1 Å². The lowest BCUT2D eigenvalue weighted by Gasteiger charge is -2.39. The smallest absolute Gasteiger partial charge is 0.160 e. The molecule has 0 spiro atoms. The molecule has 1 N–H and O–H groups in total. The maximum absolute atomic E-state index is 16.1. The van der Waals surface area contributed by atoms with Gasteiger partial charge in [0.25, 0.3) is 0 Å². The third-order valence-corrected chi connectivity index (χ3v) is 6.70. The summed E-state index contributed by atoms with van der Waals surface area (Å²) in [6.07, 6.45) is 5.55. The van der Waals surface area contributed by atoms with Crippen LogP contribution in [-0.4, -0.2) is 32.6 Å². The Morgan fingerprint density at radius 1 is 1.34 bits per heavy atom. The van der Waals surface area contributed by atoms with Gasteiger partial charge in [0.1, 0.15) is 5.60 Å². The van der Waals surface area contributed by atoms with Crippen LogP contribution in [0.3, 0.4) is 0 Å². The molecule has 1 saturated heterocycles. The lowest BCUT2D eigenvalue weighted by molar-refractivity contribution is 0.0288. The van der Waals surface area contributed by atoms with E-state index in [1.807, 2.05) is 16.7 Å². The Morgan fingerprint density at radius 3 is 2.93 bits per heavy atom. The number of halogens is 1. The van der Waals surface area contributed by atoms with E-state index in [1.165, 1.54) is 5.56 Å². The number of fused-ring (bicyclic) bond motifs is 5. The van der Waals surface area contributed by atoms with Gasteiger partial charge < -0.3 is 9.67 Å². The van der Waals surface area contributed by atoms with E-state index in [-0.39, 0.29) is 6.04 Å². The summed E-state index contributed by atoms with van der Waals surface area (Å²) in [5.74, 6) is 0. The summed E-state index contributed by atoms with van der Waals surface area (Å²) in [5.41, 5.74) is 2.16. The van der Waals surface area contributed by atoms with Gasteiger partial charge in [-0.1, -0.05) is 17.7 Å². The zero-order chi connectivity index (χ0) is 20.4. The molecule has 5 heteroatoms. The fourth-order valence-corrected chi connectivity index (χ4v) is 5.44. The van der Waals surface area contributed by atoms with Gasteiger partial charge in [0.05, 0.1) is 12.2 Å². The van der Waals surface area contributed by atoms with Crippen LogP contribution in [0, 0.1) is 6.92 Å². The van der Waals surface area contributed by atoms with E-state index in [9.17, 15) is 5.11 Å². The van der Waals surface area contributed by atoms with Crippen LogP contribution in [0.15, 0.2) is 42.7 Å². The molecule has 1 aromatic carbocycles. The van der Waals surface area contributed by atoms with Crippen LogP contribution in [0.5, 0.6) is 0 Å². The van der Waals surface area contributed by atoms with E-state index in [0.717, 1.165) is 47.1 Å². The summed E-state index contributed by atoms with van der Waals surface area (Å²) in [6.45, 7) is 7.22. The normalized spacial score (nSPS) is 26.3. The molecule has 1 fully saturated rings. The molecule has 0 bridgehead atoms. The molecule has 2 aliphatic rings. The molecule has 29 heavy (non-hydrogen) atoms. The maximum Gasteiger partial charge on any atom is 0.160 e. The van der Waals surface area contributed by atoms with E-state index in [0.29, 0.717) is 13.1 Å². The third-order valence-electron chi connectivity index (χ3n) is 6.70. The molecule has 2 aromatic heterocycles. The maximum atomic E-state index is 16.1. The van der Waals surface area contributed by atoms with Crippen LogP contribution in [0.2, 0.25) is 0 Å². The van der Waals surface area contributed by atoms with Crippen molar-refractivity contribution in [2.75, 3.05) is 13.1 Å². The Balaban J connectivity index is 1.74. The summed E-state index contributed by atoms with van der Waals surface area (Å²) in [7, 11) is 0. The van der Waals surface area contributed by atoms with Crippen molar-refractivity contribution in [2.45, 2.75) is 57.5 Å². The van der Waals surface area contributed by atoms with Crippen molar-refractivity contribution < 1.29 is 9.50 Å². The second-order valence-corrected chi connectivity index (χ2v) is 9.21. The molecular weight excluding hydrogens is 365 g/mol. The first-order chi connectivity index (χ1) is 13.8.